The average molecular weight is 378 g/mol. The molecule has 24 heavy (non-hydrogen) atoms. The van der Waals surface area contributed by atoms with Crippen molar-refractivity contribution in [2.75, 3.05) is 0 Å². The summed E-state index contributed by atoms with van der Waals surface area (Å²) in [6.45, 7) is 0. The smallest absolute Gasteiger partial charge is 0.209 e. The van der Waals surface area contributed by atoms with Gasteiger partial charge in [0.05, 0.1) is 22.1 Å². The lowest BCUT2D eigenvalue weighted by atomic mass is 10.1. The van der Waals surface area contributed by atoms with E-state index in [0.29, 0.717) is 31.9 Å². The van der Waals surface area contributed by atoms with Gasteiger partial charge < -0.3 is 4.57 Å². The number of allylic oxidation sites excluding steroid dienone is 1. The van der Waals surface area contributed by atoms with E-state index in [2.05, 4.69) is 4.98 Å². The number of carbonyl (C=O) groups excluding carboxylic acids is 1. The van der Waals surface area contributed by atoms with Gasteiger partial charge in [0.25, 0.3) is 0 Å². The molecule has 0 radical (unpaired) electrons. The van der Waals surface area contributed by atoms with Gasteiger partial charge in [0, 0.05) is 23.0 Å². The Bertz CT molecular complexity index is 901. The van der Waals surface area contributed by atoms with Crippen molar-refractivity contribution in [3.8, 4) is 0 Å². The van der Waals surface area contributed by atoms with Crippen LogP contribution in [0.1, 0.15) is 15.9 Å². The summed E-state index contributed by atoms with van der Waals surface area (Å²) < 4.78 is 1.63. The number of hydrogen-bond acceptors (Lipinski definition) is 2. The van der Waals surface area contributed by atoms with Gasteiger partial charge in [0.1, 0.15) is 0 Å². The van der Waals surface area contributed by atoms with Gasteiger partial charge in [-0.05, 0) is 42.0 Å². The van der Waals surface area contributed by atoms with E-state index in [1.165, 1.54) is 0 Å². The van der Waals surface area contributed by atoms with Gasteiger partial charge in [0.15, 0.2) is 0 Å². The van der Waals surface area contributed by atoms with Crippen LogP contribution in [0.15, 0.2) is 61.2 Å². The molecule has 1 aromatic heterocycles. The second kappa shape index (κ2) is 7.22. The Hall–Kier alpha value is -2.07. The first kappa shape index (κ1) is 16.8. The van der Waals surface area contributed by atoms with Crippen LogP contribution in [0.25, 0.3) is 11.8 Å². The Morgan fingerprint density at radius 2 is 1.79 bits per heavy atom. The number of benzene rings is 2. The van der Waals surface area contributed by atoms with Gasteiger partial charge in [-0.15, -0.1) is 0 Å². The summed E-state index contributed by atoms with van der Waals surface area (Å²) >= 11 is 18.2. The highest BCUT2D eigenvalue weighted by Gasteiger charge is 2.15. The Morgan fingerprint density at radius 3 is 2.46 bits per heavy atom. The topological polar surface area (TPSA) is 34.9 Å². The van der Waals surface area contributed by atoms with E-state index in [4.69, 9.17) is 34.8 Å². The predicted octanol–water partition coefficient (Wildman–Crippen LogP) is 5.72. The molecule has 0 saturated carbocycles. The highest BCUT2D eigenvalue weighted by Crippen LogP contribution is 2.28. The fourth-order valence-corrected chi connectivity index (χ4v) is 2.68. The van der Waals surface area contributed by atoms with Crippen molar-refractivity contribution in [2.45, 2.75) is 0 Å². The fraction of sp³-hybridized carbons (Fsp3) is 0. The molecule has 1 heterocycles. The van der Waals surface area contributed by atoms with Crippen LogP contribution in [0.5, 0.6) is 0 Å². The molecule has 3 nitrogen and oxygen atoms in total. The molecule has 0 atom stereocenters. The standard InChI is InChI=1S/C18H11Cl3N2O/c19-14-6-4-12(5-7-14)18(24)16(23-9-8-22-11-23)10-13-2-1-3-15(20)17(13)21/h1-11H. The van der Waals surface area contributed by atoms with E-state index in [9.17, 15) is 4.79 Å². The van der Waals surface area contributed by atoms with Gasteiger partial charge in [0.2, 0.25) is 5.78 Å². The third-order valence-electron chi connectivity index (χ3n) is 3.40. The summed E-state index contributed by atoms with van der Waals surface area (Å²) in [6, 6.07) is 12.0. The zero-order chi connectivity index (χ0) is 17.1. The zero-order valence-electron chi connectivity index (χ0n) is 12.3. The SMILES string of the molecule is O=C(C(=Cc1cccc(Cl)c1Cl)n1ccnc1)c1ccc(Cl)cc1. The molecule has 0 aliphatic rings. The molecule has 0 unspecified atom stereocenters. The van der Waals surface area contributed by atoms with Crippen molar-refractivity contribution >= 4 is 52.4 Å². The molecule has 0 aliphatic heterocycles. The van der Waals surface area contributed by atoms with Crippen molar-refractivity contribution in [3.63, 3.8) is 0 Å². The maximum atomic E-state index is 12.9. The van der Waals surface area contributed by atoms with Crippen molar-refractivity contribution < 1.29 is 4.79 Å². The Kier molecular flexibility index (Phi) is 5.05. The van der Waals surface area contributed by atoms with Crippen LogP contribution in [0, 0.1) is 0 Å². The minimum Gasteiger partial charge on any atom is -0.303 e. The van der Waals surface area contributed by atoms with E-state index in [1.54, 1.807) is 71.8 Å². The molecular weight excluding hydrogens is 367 g/mol. The molecule has 0 bridgehead atoms. The largest absolute Gasteiger partial charge is 0.303 e. The zero-order valence-corrected chi connectivity index (χ0v) is 14.6. The van der Waals surface area contributed by atoms with Gasteiger partial charge in [-0.1, -0.05) is 46.9 Å². The molecule has 3 aromatic rings. The highest BCUT2D eigenvalue weighted by molar-refractivity contribution is 6.43. The lowest BCUT2D eigenvalue weighted by Crippen LogP contribution is -2.08. The molecule has 0 fully saturated rings. The number of aromatic nitrogens is 2. The molecule has 0 saturated heterocycles. The molecule has 0 N–H and O–H groups in total. The summed E-state index contributed by atoms with van der Waals surface area (Å²) in [7, 11) is 0. The number of rotatable bonds is 4. The van der Waals surface area contributed by atoms with E-state index >= 15 is 0 Å². The average Bonchev–Trinajstić information content (AvgIpc) is 3.10. The summed E-state index contributed by atoms with van der Waals surface area (Å²) in [5.41, 5.74) is 1.56. The maximum absolute atomic E-state index is 12.9. The second-order valence-corrected chi connectivity index (χ2v) is 6.20. The minimum atomic E-state index is -0.180. The summed E-state index contributed by atoms with van der Waals surface area (Å²) in [5.74, 6) is -0.180. The normalized spacial score (nSPS) is 11.5. The Labute approximate surface area is 154 Å². The summed E-state index contributed by atoms with van der Waals surface area (Å²) in [5, 5.41) is 1.38. The highest BCUT2D eigenvalue weighted by atomic mass is 35.5. The third kappa shape index (κ3) is 3.54. The molecule has 0 spiro atoms. The summed E-state index contributed by atoms with van der Waals surface area (Å²) in [4.78, 5) is 16.9. The molecule has 6 heteroatoms. The third-order valence-corrected chi connectivity index (χ3v) is 4.48. The van der Waals surface area contributed by atoms with Crippen molar-refractivity contribution in [1.29, 1.82) is 0 Å². The number of nitrogens with zero attached hydrogens (tertiary/aromatic N) is 2. The predicted molar refractivity (Wildman–Crippen MR) is 98.6 cm³/mol. The van der Waals surface area contributed by atoms with Crippen LogP contribution in [-0.2, 0) is 0 Å². The number of imidazole rings is 1. The number of hydrogen-bond donors (Lipinski definition) is 0. The second-order valence-electron chi connectivity index (χ2n) is 4.98. The quantitative estimate of drug-likeness (QED) is 0.430. The van der Waals surface area contributed by atoms with Crippen molar-refractivity contribution in [2.24, 2.45) is 0 Å². The van der Waals surface area contributed by atoms with Gasteiger partial charge >= 0.3 is 0 Å². The first-order chi connectivity index (χ1) is 11.6. The van der Waals surface area contributed by atoms with E-state index in [1.807, 2.05) is 0 Å². The van der Waals surface area contributed by atoms with Crippen molar-refractivity contribution in [3.05, 3.63) is 87.4 Å². The number of halogens is 3. The van der Waals surface area contributed by atoms with Crippen LogP contribution >= 0.6 is 34.8 Å². The first-order valence-electron chi connectivity index (χ1n) is 7.00. The van der Waals surface area contributed by atoms with Gasteiger partial charge in [-0.3, -0.25) is 4.79 Å². The Morgan fingerprint density at radius 1 is 1.04 bits per heavy atom. The minimum absolute atomic E-state index is 0.180. The monoisotopic (exact) mass is 376 g/mol. The van der Waals surface area contributed by atoms with Gasteiger partial charge in [-0.2, -0.15) is 0 Å². The Balaban J connectivity index is 2.11. The molecule has 120 valence electrons. The molecule has 0 aliphatic carbocycles. The lowest BCUT2D eigenvalue weighted by Gasteiger charge is -2.09. The van der Waals surface area contributed by atoms with E-state index in [-0.39, 0.29) is 5.78 Å². The van der Waals surface area contributed by atoms with E-state index < -0.39 is 0 Å². The van der Waals surface area contributed by atoms with Crippen LogP contribution < -0.4 is 0 Å². The fourth-order valence-electron chi connectivity index (χ4n) is 2.19. The number of ketones is 1. The first-order valence-corrected chi connectivity index (χ1v) is 8.14. The molecular formula is C18H11Cl3N2O. The van der Waals surface area contributed by atoms with Crippen LogP contribution in [0.4, 0.5) is 0 Å². The summed E-state index contributed by atoms with van der Waals surface area (Å²) in [6.07, 6.45) is 6.53. The molecule has 0 amide bonds. The number of carbonyl (C=O) groups is 1. The number of Topliss-reactive ketones (excluding diaryl/α,β-unsaturated/α-hetero) is 1. The maximum Gasteiger partial charge on any atom is 0.209 e. The van der Waals surface area contributed by atoms with Crippen molar-refractivity contribution in [1.82, 2.24) is 9.55 Å². The van der Waals surface area contributed by atoms with Crippen LogP contribution in [-0.4, -0.2) is 15.3 Å². The van der Waals surface area contributed by atoms with E-state index in [0.717, 1.165) is 0 Å². The van der Waals surface area contributed by atoms with Gasteiger partial charge in [-0.25, -0.2) is 4.98 Å². The lowest BCUT2D eigenvalue weighted by molar-refractivity contribution is 0.105. The van der Waals surface area contributed by atoms with Crippen LogP contribution in [0.2, 0.25) is 15.1 Å². The van der Waals surface area contributed by atoms with Crippen LogP contribution in [0.3, 0.4) is 0 Å². The molecule has 2 aromatic carbocycles. The molecule has 3 rings (SSSR count).